The lowest BCUT2D eigenvalue weighted by Crippen LogP contribution is -2.31. The van der Waals surface area contributed by atoms with Gasteiger partial charge in [0.05, 0.1) is 24.3 Å². The molecular weight excluding hydrogens is 418 g/mol. The van der Waals surface area contributed by atoms with E-state index in [4.69, 9.17) is 4.42 Å². The molecule has 0 atom stereocenters. The van der Waals surface area contributed by atoms with Crippen molar-refractivity contribution < 1.29 is 14.1 Å². The van der Waals surface area contributed by atoms with Crippen LogP contribution in [0.5, 0.6) is 0 Å². The average Bonchev–Trinajstić information content (AvgIpc) is 3.47. The van der Waals surface area contributed by atoms with E-state index in [0.717, 1.165) is 11.3 Å². The number of carbonyl (C=O) groups is 1. The van der Waals surface area contributed by atoms with Gasteiger partial charge in [-0.25, -0.2) is 0 Å². The molecule has 0 fully saturated rings. The van der Waals surface area contributed by atoms with Crippen LogP contribution in [0.25, 0.3) is 0 Å². The summed E-state index contributed by atoms with van der Waals surface area (Å²) in [5, 5.41) is 11.4. The number of furan rings is 1. The lowest BCUT2D eigenvalue weighted by atomic mass is 10.1. The maximum Gasteiger partial charge on any atom is 0.273 e. The van der Waals surface area contributed by atoms with Crippen molar-refractivity contribution in [3.63, 3.8) is 0 Å². The van der Waals surface area contributed by atoms with Crippen molar-refractivity contribution in [2.45, 2.75) is 33.5 Å². The third-order valence-corrected chi connectivity index (χ3v) is 5.62. The molecule has 0 aliphatic heterocycles. The van der Waals surface area contributed by atoms with Gasteiger partial charge in [-0.05, 0) is 49.7 Å². The monoisotopic (exact) mass is 443 g/mol. The van der Waals surface area contributed by atoms with E-state index < -0.39 is 4.92 Å². The number of aromatic nitrogens is 1. The second-order valence-electron chi connectivity index (χ2n) is 8.11. The third kappa shape index (κ3) is 5.20. The predicted molar refractivity (Wildman–Crippen MR) is 125 cm³/mol. The molecule has 2 aromatic carbocycles. The summed E-state index contributed by atoms with van der Waals surface area (Å²) in [4.78, 5) is 26.0. The van der Waals surface area contributed by atoms with E-state index in [1.165, 1.54) is 11.6 Å². The summed E-state index contributed by atoms with van der Waals surface area (Å²) in [5.74, 6) is 0.346. The standard InChI is InChI=1S/C26H25N3O4/c1-19-7-10-21(11-8-19)16-27-13-3-5-23(27)17-28(18-24-6-4-14-33-24)26(30)22-12-9-20(2)25(15-22)29(31)32/h3-15H,16-18H2,1-2H3. The van der Waals surface area contributed by atoms with Crippen molar-refractivity contribution in [2.24, 2.45) is 0 Å². The Hall–Kier alpha value is -4.13. The van der Waals surface area contributed by atoms with Gasteiger partial charge in [-0.2, -0.15) is 0 Å². The summed E-state index contributed by atoms with van der Waals surface area (Å²) < 4.78 is 7.58. The molecule has 0 saturated carbocycles. The van der Waals surface area contributed by atoms with Crippen molar-refractivity contribution in [3.8, 4) is 0 Å². The molecule has 0 aliphatic carbocycles. The lowest BCUT2D eigenvalue weighted by molar-refractivity contribution is -0.385. The first kappa shape index (κ1) is 22.1. The first-order valence-electron chi connectivity index (χ1n) is 10.7. The minimum Gasteiger partial charge on any atom is -0.467 e. The zero-order valence-corrected chi connectivity index (χ0v) is 18.6. The number of hydrogen-bond acceptors (Lipinski definition) is 4. The molecular formula is C26H25N3O4. The van der Waals surface area contributed by atoms with E-state index in [-0.39, 0.29) is 23.7 Å². The number of carbonyl (C=O) groups excluding carboxylic acids is 1. The van der Waals surface area contributed by atoms with Crippen LogP contribution >= 0.6 is 0 Å². The summed E-state index contributed by atoms with van der Waals surface area (Å²) >= 11 is 0. The lowest BCUT2D eigenvalue weighted by Gasteiger charge is -2.23. The molecule has 0 saturated heterocycles. The van der Waals surface area contributed by atoms with Gasteiger partial charge >= 0.3 is 0 Å². The number of nitrogens with zero attached hydrogens (tertiary/aromatic N) is 3. The van der Waals surface area contributed by atoms with Crippen LogP contribution in [0.2, 0.25) is 0 Å². The maximum atomic E-state index is 13.4. The van der Waals surface area contributed by atoms with E-state index in [9.17, 15) is 14.9 Å². The van der Waals surface area contributed by atoms with Gasteiger partial charge in [0.25, 0.3) is 11.6 Å². The second kappa shape index (κ2) is 9.56. The van der Waals surface area contributed by atoms with Crippen molar-refractivity contribution in [1.82, 2.24) is 9.47 Å². The van der Waals surface area contributed by atoms with E-state index >= 15 is 0 Å². The van der Waals surface area contributed by atoms with Gasteiger partial charge in [0.1, 0.15) is 5.76 Å². The van der Waals surface area contributed by atoms with Crippen LogP contribution in [0, 0.1) is 24.0 Å². The summed E-state index contributed by atoms with van der Waals surface area (Å²) in [7, 11) is 0. The molecule has 0 radical (unpaired) electrons. The number of amides is 1. The fraction of sp³-hybridized carbons (Fsp3) is 0.192. The molecule has 7 nitrogen and oxygen atoms in total. The topological polar surface area (TPSA) is 81.5 Å². The molecule has 7 heteroatoms. The Morgan fingerprint density at radius 2 is 1.82 bits per heavy atom. The van der Waals surface area contributed by atoms with Crippen molar-refractivity contribution in [3.05, 3.63) is 123 Å². The Labute approximate surface area is 192 Å². The van der Waals surface area contributed by atoms with Crippen molar-refractivity contribution in [1.29, 1.82) is 0 Å². The van der Waals surface area contributed by atoms with Crippen LogP contribution < -0.4 is 0 Å². The Morgan fingerprint density at radius 1 is 1.03 bits per heavy atom. The predicted octanol–water partition coefficient (Wildman–Crippen LogP) is 5.50. The highest BCUT2D eigenvalue weighted by Crippen LogP contribution is 2.22. The Bertz CT molecular complexity index is 1260. The number of nitro benzene ring substituents is 1. The van der Waals surface area contributed by atoms with Crippen LogP contribution in [0.15, 0.2) is 83.6 Å². The highest BCUT2D eigenvalue weighted by molar-refractivity contribution is 5.95. The molecule has 1 amide bonds. The highest BCUT2D eigenvalue weighted by Gasteiger charge is 2.22. The molecule has 33 heavy (non-hydrogen) atoms. The van der Waals surface area contributed by atoms with Crippen LogP contribution in [0.1, 0.15) is 38.5 Å². The highest BCUT2D eigenvalue weighted by atomic mass is 16.6. The van der Waals surface area contributed by atoms with E-state index in [1.807, 2.05) is 24.4 Å². The van der Waals surface area contributed by atoms with E-state index in [1.54, 1.807) is 36.3 Å². The van der Waals surface area contributed by atoms with Gasteiger partial charge in [-0.3, -0.25) is 14.9 Å². The van der Waals surface area contributed by atoms with Gasteiger partial charge in [0, 0.05) is 35.6 Å². The molecule has 168 valence electrons. The van der Waals surface area contributed by atoms with Gasteiger partial charge < -0.3 is 13.9 Å². The van der Waals surface area contributed by atoms with Crippen molar-refractivity contribution in [2.75, 3.05) is 0 Å². The quantitative estimate of drug-likeness (QED) is 0.266. The Balaban J connectivity index is 1.62. The molecule has 2 heterocycles. The fourth-order valence-electron chi connectivity index (χ4n) is 3.74. The Morgan fingerprint density at radius 3 is 2.52 bits per heavy atom. The zero-order valence-electron chi connectivity index (χ0n) is 18.6. The van der Waals surface area contributed by atoms with Crippen LogP contribution in [0.4, 0.5) is 5.69 Å². The SMILES string of the molecule is Cc1ccc(Cn2cccc2CN(Cc2ccco2)C(=O)c2ccc(C)c([N+](=O)[O-])c2)cc1. The summed E-state index contributed by atoms with van der Waals surface area (Å²) in [6, 6.07) is 20.4. The number of hydrogen-bond donors (Lipinski definition) is 0. The molecule has 0 N–H and O–H groups in total. The smallest absolute Gasteiger partial charge is 0.273 e. The van der Waals surface area contributed by atoms with Crippen LogP contribution in [-0.4, -0.2) is 20.3 Å². The average molecular weight is 444 g/mol. The molecule has 0 bridgehead atoms. The number of aryl methyl sites for hydroxylation is 2. The molecule has 0 aliphatic rings. The van der Waals surface area contributed by atoms with Crippen molar-refractivity contribution >= 4 is 11.6 Å². The first-order chi connectivity index (χ1) is 15.9. The van der Waals surface area contributed by atoms with E-state index in [2.05, 4.69) is 35.8 Å². The van der Waals surface area contributed by atoms with Gasteiger partial charge in [0.15, 0.2) is 0 Å². The number of benzene rings is 2. The van der Waals surface area contributed by atoms with Gasteiger partial charge in [-0.1, -0.05) is 35.9 Å². The molecule has 2 aromatic heterocycles. The fourth-order valence-corrected chi connectivity index (χ4v) is 3.74. The number of nitro groups is 1. The Kier molecular flexibility index (Phi) is 6.40. The van der Waals surface area contributed by atoms with Crippen LogP contribution in [-0.2, 0) is 19.6 Å². The van der Waals surface area contributed by atoms with Crippen LogP contribution in [0.3, 0.4) is 0 Å². The molecule has 0 spiro atoms. The minimum absolute atomic E-state index is 0.0680. The maximum absolute atomic E-state index is 13.4. The largest absolute Gasteiger partial charge is 0.467 e. The molecule has 4 rings (SSSR count). The van der Waals surface area contributed by atoms with Gasteiger partial charge in [0.2, 0.25) is 0 Å². The summed E-state index contributed by atoms with van der Waals surface area (Å²) in [6.07, 6.45) is 3.55. The summed E-state index contributed by atoms with van der Waals surface area (Å²) in [5.41, 5.74) is 4.04. The molecule has 0 unspecified atom stereocenters. The van der Waals surface area contributed by atoms with Gasteiger partial charge in [-0.15, -0.1) is 0 Å². The molecule has 4 aromatic rings. The summed E-state index contributed by atoms with van der Waals surface area (Å²) in [6.45, 7) is 4.98. The third-order valence-electron chi connectivity index (χ3n) is 5.62. The zero-order chi connectivity index (χ0) is 23.4. The normalized spacial score (nSPS) is 10.8. The number of rotatable bonds is 8. The second-order valence-corrected chi connectivity index (χ2v) is 8.11. The van der Waals surface area contributed by atoms with E-state index in [0.29, 0.717) is 24.4 Å². The first-order valence-corrected chi connectivity index (χ1v) is 10.7. The minimum atomic E-state index is -0.463.